The summed E-state index contributed by atoms with van der Waals surface area (Å²) in [6, 6.07) is 4.18. The molecule has 2 aromatic rings. The van der Waals surface area contributed by atoms with E-state index in [1.807, 2.05) is 37.3 Å². The van der Waals surface area contributed by atoms with E-state index in [0.29, 0.717) is 5.92 Å². The summed E-state index contributed by atoms with van der Waals surface area (Å²) in [4.78, 5) is 19.0. The summed E-state index contributed by atoms with van der Waals surface area (Å²) in [6.07, 6.45) is 2.13. The third-order valence-corrected chi connectivity index (χ3v) is 5.21. The lowest BCUT2D eigenvalue weighted by molar-refractivity contribution is -0.135. The van der Waals surface area contributed by atoms with Gasteiger partial charge in [-0.05, 0) is 64.5 Å². The SMILES string of the molecule is Cc1cc(C)c(OCC(=O)N2CCCC(Cn3nc(C)nc3C)C2)c(C)c1. The molecule has 0 bridgehead atoms. The van der Waals surface area contributed by atoms with E-state index in [4.69, 9.17) is 4.74 Å². The summed E-state index contributed by atoms with van der Waals surface area (Å²) in [5, 5.41) is 4.45. The lowest BCUT2D eigenvalue weighted by Gasteiger charge is -2.33. The highest BCUT2D eigenvalue weighted by Gasteiger charge is 2.25. The van der Waals surface area contributed by atoms with E-state index in [2.05, 4.69) is 29.1 Å². The number of ether oxygens (including phenoxy) is 1. The van der Waals surface area contributed by atoms with Gasteiger partial charge in [0.15, 0.2) is 6.61 Å². The Morgan fingerprint density at radius 1 is 1.19 bits per heavy atom. The number of piperidine rings is 1. The predicted octanol–water partition coefficient (Wildman–Crippen LogP) is 3.14. The van der Waals surface area contributed by atoms with Crippen LogP contribution in [0.1, 0.15) is 41.2 Å². The van der Waals surface area contributed by atoms with E-state index < -0.39 is 0 Å². The molecule has 0 radical (unpaired) electrons. The van der Waals surface area contributed by atoms with Crippen molar-refractivity contribution in [2.75, 3.05) is 19.7 Å². The zero-order valence-electron chi connectivity index (χ0n) is 17.1. The average molecular weight is 370 g/mol. The molecule has 1 atom stereocenters. The number of amides is 1. The van der Waals surface area contributed by atoms with Crippen LogP contribution < -0.4 is 4.74 Å². The molecule has 6 nitrogen and oxygen atoms in total. The first-order valence-electron chi connectivity index (χ1n) is 9.70. The Morgan fingerprint density at radius 2 is 1.89 bits per heavy atom. The molecular formula is C21H30N4O2. The average Bonchev–Trinajstić information content (AvgIpc) is 2.91. The van der Waals surface area contributed by atoms with Crippen LogP contribution in [-0.2, 0) is 11.3 Å². The third kappa shape index (κ3) is 4.67. The molecule has 1 unspecified atom stereocenters. The highest BCUT2D eigenvalue weighted by molar-refractivity contribution is 5.78. The lowest BCUT2D eigenvalue weighted by Crippen LogP contribution is -2.43. The number of aryl methyl sites for hydroxylation is 5. The molecule has 0 aliphatic carbocycles. The second-order valence-corrected chi connectivity index (χ2v) is 7.75. The van der Waals surface area contributed by atoms with Crippen LogP contribution >= 0.6 is 0 Å². The van der Waals surface area contributed by atoms with Crippen molar-refractivity contribution < 1.29 is 9.53 Å². The molecule has 2 heterocycles. The summed E-state index contributed by atoms with van der Waals surface area (Å²) < 4.78 is 7.86. The van der Waals surface area contributed by atoms with Crippen LogP contribution in [0, 0.1) is 40.5 Å². The molecule has 146 valence electrons. The fourth-order valence-corrected chi connectivity index (χ4v) is 4.04. The van der Waals surface area contributed by atoms with Crippen molar-refractivity contribution in [3.63, 3.8) is 0 Å². The molecule has 1 aliphatic heterocycles. The van der Waals surface area contributed by atoms with Gasteiger partial charge < -0.3 is 9.64 Å². The van der Waals surface area contributed by atoms with Crippen LogP contribution in [0.3, 0.4) is 0 Å². The minimum atomic E-state index is 0.0607. The highest BCUT2D eigenvalue weighted by Crippen LogP contribution is 2.25. The Kier molecular flexibility index (Phi) is 5.82. The van der Waals surface area contributed by atoms with E-state index in [1.54, 1.807) is 0 Å². The Bertz CT molecular complexity index is 805. The smallest absolute Gasteiger partial charge is 0.260 e. The van der Waals surface area contributed by atoms with E-state index in [0.717, 1.165) is 61.0 Å². The van der Waals surface area contributed by atoms with Gasteiger partial charge in [-0.3, -0.25) is 4.79 Å². The molecule has 1 amide bonds. The van der Waals surface area contributed by atoms with Crippen molar-refractivity contribution in [3.8, 4) is 5.75 Å². The number of nitrogens with zero attached hydrogens (tertiary/aromatic N) is 4. The molecule has 1 fully saturated rings. The molecule has 1 aromatic heterocycles. The van der Waals surface area contributed by atoms with Crippen molar-refractivity contribution in [2.24, 2.45) is 5.92 Å². The fraction of sp³-hybridized carbons (Fsp3) is 0.571. The number of hydrogen-bond donors (Lipinski definition) is 0. The number of benzene rings is 1. The predicted molar refractivity (Wildman–Crippen MR) is 105 cm³/mol. The van der Waals surface area contributed by atoms with Crippen molar-refractivity contribution in [1.82, 2.24) is 19.7 Å². The normalized spacial score (nSPS) is 17.2. The van der Waals surface area contributed by atoms with Crippen LogP contribution in [0.4, 0.5) is 0 Å². The van der Waals surface area contributed by atoms with Crippen LogP contribution in [0.15, 0.2) is 12.1 Å². The first-order chi connectivity index (χ1) is 12.8. The molecule has 0 N–H and O–H groups in total. The topological polar surface area (TPSA) is 60.2 Å². The second kappa shape index (κ2) is 8.11. The molecule has 1 saturated heterocycles. The zero-order valence-corrected chi connectivity index (χ0v) is 17.1. The largest absolute Gasteiger partial charge is 0.483 e. The summed E-state index contributed by atoms with van der Waals surface area (Å²) in [7, 11) is 0. The monoisotopic (exact) mass is 370 g/mol. The van der Waals surface area contributed by atoms with Gasteiger partial charge in [-0.25, -0.2) is 9.67 Å². The van der Waals surface area contributed by atoms with Crippen LogP contribution in [0.5, 0.6) is 5.75 Å². The quantitative estimate of drug-likeness (QED) is 0.811. The number of aromatic nitrogens is 3. The molecule has 6 heteroatoms. The van der Waals surface area contributed by atoms with Crippen molar-refractivity contribution in [3.05, 3.63) is 40.5 Å². The molecule has 1 aromatic carbocycles. The first-order valence-corrected chi connectivity index (χ1v) is 9.70. The van der Waals surface area contributed by atoms with E-state index in [1.165, 1.54) is 5.56 Å². The molecule has 1 aliphatic rings. The highest BCUT2D eigenvalue weighted by atomic mass is 16.5. The minimum Gasteiger partial charge on any atom is -0.483 e. The summed E-state index contributed by atoms with van der Waals surface area (Å²) in [6.45, 7) is 12.5. The maximum absolute atomic E-state index is 12.7. The van der Waals surface area contributed by atoms with Gasteiger partial charge in [-0.2, -0.15) is 5.10 Å². The van der Waals surface area contributed by atoms with Gasteiger partial charge in [0.05, 0.1) is 0 Å². The lowest BCUT2D eigenvalue weighted by atomic mass is 9.98. The Labute approximate surface area is 161 Å². The number of likely N-dealkylation sites (tertiary alicyclic amines) is 1. The third-order valence-electron chi connectivity index (χ3n) is 5.21. The van der Waals surface area contributed by atoms with Gasteiger partial charge in [0.2, 0.25) is 0 Å². The van der Waals surface area contributed by atoms with Gasteiger partial charge in [-0.1, -0.05) is 17.7 Å². The van der Waals surface area contributed by atoms with Gasteiger partial charge >= 0.3 is 0 Å². The maximum atomic E-state index is 12.7. The summed E-state index contributed by atoms with van der Waals surface area (Å²) in [5.41, 5.74) is 3.36. The maximum Gasteiger partial charge on any atom is 0.260 e. The van der Waals surface area contributed by atoms with Crippen molar-refractivity contribution in [2.45, 2.75) is 54.0 Å². The molecular weight excluding hydrogens is 340 g/mol. The Morgan fingerprint density at radius 3 is 2.52 bits per heavy atom. The van der Waals surface area contributed by atoms with Gasteiger partial charge in [-0.15, -0.1) is 0 Å². The standard InChI is InChI=1S/C21H30N4O2/c1-14-9-15(2)21(16(3)10-14)27-13-20(26)24-8-6-7-19(11-24)12-25-18(5)22-17(4)23-25/h9-10,19H,6-8,11-13H2,1-5H3. The van der Waals surface area contributed by atoms with E-state index in [-0.39, 0.29) is 12.5 Å². The van der Waals surface area contributed by atoms with Crippen LogP contribution in [0.25, 0.3) is 0 Å². The Balaban J connectivity index is 1.58. The molecule has 0 spiro atoms. The summed E-state index contributed by atoms with van der Waals surface area (Å²) >= 11 is 0. The second-order valence-electron chi connectivity index (χ2n) is 7.75. The Hall–Kier alpha value is -2.37. The number of carbonyl (C=O) groups excluding carboxylic acids is 1. The van der Waals surface area contributed by atoms with Crippen molar-refractivity contribution in [1.29, 1.82) is 0 Å². The van der Waals surface area contributed by atoms with Gasteiger partial charge in [0.25, 0.3) is 5.91 Å². The fourth-order valence-electron chi connectivity index (χ4n) is 4.04. The van der Waals surface area contributed by atoms with Crippen molar-refractivity contribution >= 4 is 5.91 Å². The molecule has 0 saturated carbocycles. The minimum absolute atomic E-state index is 0.0607. The number of carbonyl (C=O) groups is 1. The summed E-state index contributed by atoms with van der Waals surface area (Å²) in [5.74, 6) is 3.03. The number of rotatable bonds is 5. The number of hydrogen-bond acceptors (Lipinski definition) is 4. The van der Waals surface area contributed by atoms with E-state index in [9.17, 15) is 4.79 Å². The zero-order chi connectivity index (χ0) is 19.6. The molecule has 27 heavy (non-hydrogen) atoms. The molecule has 3 rings (SSSR count). The first kappa shape index (κ1) is 19.4. The van der Waals surface area contributed by atoms with Crippen LogP contribution in [-0.4, -0.2) is 45.3 Å². The van der Waals surface area contributed by atoms with E-state index >= 15 is 0 Å². The van der Waals surface area contributed by atoms with Crippen LogP contribution in [0.2, 0.25) is 0 Å². The van der Waals surface area contributed by atoms with Gasteiger partial charge in [0.1, 0.15) is 17.4 Å². The van der Waals surface area contributed by atoms with Gasteiger partial charge in [0, 0.05) is 19.6 Å².